The lowest BCUT2D eigenvalue weighted by atomic mass is 10.1. The third-order valence-corrected chi connectivity index (χ3v) is 3.35. The van der Waals surface area contributed by atoms with Crippen molar-refractivity contribution in [3.05, 3.63) is 0 Å². The molecule has 0 aromatic rings. The zero-order valence-corrected chi connectivity index (χ0v) is 10.6. The van der Waals surface area contributed by atoms with Crippen molar-refractivity contribution in [2.24, 2.45) is 5.92 Å². The first-order valence-electron chi connectivity index (χ1n) is 6.53. The van der Waals surface area contributed by atoms with Crippen LogP contribution in [-0.2, 0) is 4.74 Å². The molecule has 1 saturated carbocycles. The second-order valence-electron chi connectivity index (χ2n) is 5.12. The molecule has 90 valence electrons. The summed E-state index contributed by atoms with van der Waals surface area (Å²) >= 11 is 0. The predicted octanol–water partition coefficient (Wildman–Crippen LogP) is 2.97. The van der Waals surface area contributed by atoms with Crippen molar-refractivity contribution in [3.8, 4) is 0 Å². The first kappa shape index (κ1) is 13.0. The molecule has 2 heteroatoms. The molecule has 2 atom stereocenters. The third-order valence-electron chi connectivity index (χ3n) is 3.35. The molecule has 0 aromatic carbocycles. The maximum atomic E-state index is 6.01. The molecule has 1 aliphatic carbocycles. The van der Waals surface area contributed by atoms with E-state index in [2.05, 4.69) is 26.2 Å². The van der Waals surface area contributed by atoms with Gasteiger partial charge in [-0.1, -0.05) is 33.1 Å². The minimum absolute atomic E-state index is 0.455. The second-order valence-corrected chi connectivity index (χ2v) is 5.12. The molecule has 0 bridgehead atoms. The van der Waals surface area contributed by atoms with E-state index < -0.39 is 0 Å². The zero-order chi connectivity index (χ0) is 11.1. The standard InChI is InChI=1S/C13H27NO/c1-11(2)9-10-15-13-8-6-4-5-7-12(13)14-3/h11-14H,4-10H2,1-3H3. The molecule has 1 fully saturated rings. The van der Waals surface area contributed by atoms with Gasteiger partial charge in [0.15, 0.2) is 0 Å². The molecular formula is C13H27NO. The van der Waals surface area contributed by atoms with Crippen molar-refractivity contribution < 1.29 is 4.74 Å². The van der Waals surface area contributed by atoms with Crippen molar-refractivity contribution in [2.45, 2.75) is 64.5 Å². The van der Waals surface area contributed by atoms with Gasteiger partial charge in [0, 0.05) is 12.6 Å². The summed E-state index contributed by atoms with van der Waals surface area (Å²) in [5, 5.41) is 3.41. The largest absolute Gasteiger partial charge is 0.377 e. The van der Waals surface area contributed by atoms with E-state index in [1.54, 1.807) is 0 Å². The number of likely N-dealkylation sites (N-methyl/N-ethyl adjacent to an activating group) is 1. The normalized spacial score (nSPS) is 28.0. The molecule has 0 amide bonds. The third kappa shape index (κ3) is 4.98. The Bertz CT molecular complexity index is 159. The number of nitrogens with one attached hydrogen (secondary N) is 1. The van der Waals surface area contributed by atoms with Gasteiger partial charge in [0.25, 0.3) is 0 Å². The van der Waals surface area contributed by atoms with E-state index in [0.717, 1.165) is 12.5 Å². The van der Waals surface area contributed by atoms with Crippen LogP contribution in [0.5, 0.6) is 0 Å². The van der Waals surface area contributed by atoms with Crippen molar-refractivity contribution in [2.75, 3.05) is 13.7 Å². The van der Waals surface area contributed by atoms with Gasteiger partial charge >= 0.3 is 0 Å². The fourth-order valence-corrected chi connectivity index (χ4v) is 2.26. The van der Waals surface area contributed by atoms with E-state index in [4.69, 9.17) is 4.74 Å². The van der Waals surface area contributed by atoms with Crippen molar-refractivity contribution in [3.63, 3.8) is 0 Å². The minimum Gasteiger partial charge on any atom is -0.377 e. The van der Waals surface area contributed by atoms with E-state index >= 15 is 0 Å². The first-order valence-corrected chi connectivity index (χ1v) is 6.53. The van der Waals surface area contributed by atoms with Gasteiger partial charge in [-0.2, -0.15) is 0 Å². The molecular weight excluding hydrogens is 186 g/mol. The van der Waals surface area contributed by atoms with Gasteiger partial charge in [0.2, 0.25) is 0 Å². The monoisotopic (exact) mass is 213 g/mol. The fraction of sp³-hybridized carbons (Fsp3) is 1.00. The van der Waals surface area contributed by atoms with Gasteiger partial charge in [-0.3, -0.25) is 0 Å². The average molecular weight is 213 g/mol. The van der Waals surface area contributed by atoms with E-state index in [9.17, 15) is 0 Å². The van der Waals surface area contributed by atoms with Gasteiger partial charge < -0.3 is 10.1 Å². The minimum atomic E-state index is 0.455. The van der Waals surface area contributed by atoms with Gasteiger partial charge in [-0.25, -0.2) is 0 Å². The van der Waals surface area contributed by atoms with Crippen molar-refractivity contribution in [1.82, 2.24) is 5.32 Å². The number of hydrogen-bond acceptors (Lipinski definition) is 2. The van der Waals surface area contributed by atoms with Crippen LogP contribution in [0.4, 0.5) is 0 Å². The van der Waals surface area contributed by atoms with Crippen LogP contribution >= 0.6 is 0 Å². The molecule has 1 aliphatic rings. The topological polar surface area (TPSA) is 21.3 Å². The predicted molar refractivity (Wildman–Crippen MR) is 65.1 cm³/mol. The molecule has 15 heavy (non-hydrogen) atoms. The summed E-state index contributed by atoms with van der Waals surface area (Å²) < 4.78 is 6.01. The lowest BCUT2D eigenvalue weighted by Crippen LogP contribution is -2.38. The van der Waals surface area contributed by atoms with E-state index in [1.807, 2.05) is 0 Å². The summed E-state index contributed by atoms with van der Waals surface area (Å²) in [6, 6.07) is 0.583. The summed E-state index contributed by atoms with van der Waals surface area (Å²) in [7, 11) is 2.06. The maximum Gasteiger partial charge on any atom is 0.0727 e. The Labute approximate surface area is 94.8 Å². The first-order chi connectivity index (χ1) is 7.24. The zero-order valence-electron chi connectivity index (χ0n) is 10.6. The molecule has 0 heterocycles. The Kier molecular flexibility index (Phi) is 6.26. The maximum absolute atomic E-state index is 6.01. The van der Waals surface area contributed by atoms with Crippen LogP contribution in [-0.4, -0.2) is 25.8 Å². The molecule has 1 rings (SSSR count). The highest BCUT2D eigenvalue weighted by molar-refractivity contribution is 4.79. The van der Waals surface area contributed by atoms with Crippen LogP contribution in [0.3, 0.4) is 0 Å². The smallest absolute Gasteiger partial charge is 0.0727 e. The highest BCUT2D eigenvalue weighted by atomic mass is 16.5. The van der Waals surface area contributed by atoms with Gasteiger partial charge in [-0.15, -0.1) is 0 Å². The highest BCUT2D eigenvalue weighted by Gasteiger charge is 2.22. The number of rotatable bonds is 5. The summed E-state index contributed by atoms with van der Waals surface area (Å²) in [6.45, 7) is 5.44. The van der Waals surface area contributed by atoms with E-state index in [1.165, 1.54) is 38.5 Å². The summed E-state index contributed by atoms with van der Waals surface area (Å²) in [5.74, 6) is 0.754. The lowest BCUT2D eigenvalue weighted by Gasteiger charge is -2.25. The van der Waals surface area contributed by atoms with Crippen LogP contribution in [0.25, 0.3) is 0 Å². The summed E-state index contributed by atoms with van der Waals surface area (Å²) in [4.78, 5) is 0. The van der Waals surface area contributed by atoms with Crippen LogP contribution in [0.15, 0.2) is 0 Å². The van der Waals surface area contributed by atoms with Gasteiger partial charge in [0.1, 0.15) is 0 Å². The van der Waals surface area contributed by atoms with Crippen molar-refractivity contribution in [1.29, 1.82) is 0 Å². The Hall–Kier alpha value is -0.0800. The Morgan fingerprint density at radius 1 is 1.20 bits per heavy atom. The molecule has 2 unspecified atom stereocenters. The summed E-state index contributed by atoms with van der Waals surface area (Å²) in [6.07, 6.45) is 8.23. The number of ether oxygens (including phenoxy) is 1. The molecule has 0 radical (unpaired) electrons. The molecule has 1 N–H and O–H groups in total. The molecule has 0 saturated heterocycles. The van der Waals surface area contributed by atoms with E-state index in [0.29, 0.717) is 12.1 Å². The highest BCUT2D eigenvalue weighted by Crippen LogP contribution is 2.20. The van der Waals surface area contributed by atoms with Gasteiger partial charge in [0.05, 0.1) is 6.10 Å². The lowest BCUT2D eigenvalue weighted by molar-refractivity contribution is 0.0185. The second kappa shape index (κ2) is 7.24. The fourth-order valence-electron chi connectivity index (χ4n) is 2.26. The Morgan fingerprint density at radius 2 is 1.93 bits per heavy atom. The SMILES string of the molecule is CNC1CCCCCC1OCCC(C)C. The van der Waals surface area contributed by atoms with Crippen LogP contribution in [0.1, 0.15) is 52.4 Å². The van der Waals surface area contributed by atoms with Crippen LogP contribution in [0, 0.1) is 5.92 Å². The molecule has 0 aliphatic heterocycles. The Balaban J connectivity index is 2.28. The molecule has 0 aromatic heterocycles. The van der Waals surface area contributed by atoms with Crippen LogP contribution < -0.4 is 5.32 Å². The molecule has 0 spiro atoms. The van der Waals surface area contributed by atoms with Crippen LogP contribution in [0.2, 0.25) is 0 Å². The summed E-state index contributed by atoms with van der Waals surface area (Å²) in [5.41, 5.74) is 0. The Morgan fingerprint density at radius 3 is 2.60 bits per heavy atom. The number of hydrogen-bond donors (Lipinski definition) is 1. The molecule has 2 nitrogen and oxygen atoms in total. The quantitative estimate of drug-likeness (QED) is 0.709. The van der Waals surface area contributed by atoms with E-state index in [-0.39, 0.29) is 0 Å². The average Bonchev–Trinajstić information content (AvgIpc) is 2.42. The van der Waals surface area contributed by atoms with Gasteiger partial charge in [-0.05, 0) is 32.2 Å². The van der Waals surface area contributed by atoms with Crippen molar-refractivity contribution >= 4 is 0 Å².